The molecule has 19 heavy (non-hydrogen) atoms. The number of aromatic nitrogens is 2. The van der Waals surface area contributed by atoms with Crippen LogP contribution in [0.15, 0.2) is 36.8 Å². The average Bonchev–Trinajstić information content (AvgIpc) is 2.39. The van der Waals surface area contributed by atoms with Gasteiger partial charge in [0.25, 0.3) is 0 Å². The molecule has 0 bridgehead atoms. The Hall–Kier alpha value is -1.43. The summed E-state index contributed by atoms with van der Waals surface area (Å²) >= 11 is 17.1. The minimum absolute atomic E-state index is 0.148. The summed E-state index contributed by atoms with van der Waals surface area (Å²) in [6, 6.07) is 5.14. The van der Waals surface area contributed by atoms with Crippen molar-refractivity contribution in [3.63, 3.8) is 0 Å². The van der Waals surface area contributed by atoms with Crippen LogP contribution < -0.4 is 10.1 Å². The quantitative estimate of drug-likeness (QED) is 0.874. The molecule has 7 heteroatoms. The summed E-state index contributed by atoms with van der Waals surface area (Å²) in [5.41, 5.74) is 0. The predicted octanol–water partition coefficient (Wildman–Crippen LogP) is 3.60. The molecule has 0 saturated heterocycles. The number of nitrogens with zero attached hydrogens (tertiary/aromatic N) is 2. The van der Waals surface area contributed by atoms with E-state index >= 15 is 0 Å². The number of nitrogens with one attached hydrogen (secondary N) is 1. The van der Waals surface area contributed by atoms with Gasteiger partial charge in [-0.15, -0.1) is 0 Å². The molecular weight excluding hydrogens is 305 g/mol. The molecule has 0 aliphatic heterocycles. The van der Waals surface area contributed by atoms with Gasteiger partial charge in [0, 0.05) is 12.4 Å². The molecule has 0 amide bonds. The molecule has 1 aromatic carbocycles. The highest BCUT2D eigenvalue weighted by Gasteiger charge is 2.08. The van der Waals surface area contributed by atoms with Crippen LogP contribution in [0.3, 0.4) is 0 Å². The minimum atomic E-state index is 0.148. The van der Waals surface area contributed by atoms with Gasteiger partial charge in [0.1, 0.15) is 17.4 Å². The van der Waals surface area contributed by atoms with Crippen molar-refractivity contribution in [1.29, 1.82) is 0 Å². The molecule has 98 valence electrons. The highest BCUT2D eigenvalue weighted by molar-refractivity contribution is 7.80. The second-order valence-electron chi connectivity index (χ2n) is 3.48. The molecule has 0 aliphatic rings. The van der Waals surface area contributed by atoms with Crippen LogP contribution in [0.1, 0.15) is 0 Å². The number of hydrogen-bond donors (Lipinski definition) is 1. The van der Waals surface area contributed by atoms with E-state index in [2.05, 4.69) is 15.3 Å². The van der Waals surface area contributed by atoms with Crippen LogP contribution in [0.4, 0.5) is 5.82 Å². The number of halogens is 2. The Morgan fingerprint density at radius 2 is 2.00 bits per heavy atom. The normalized spacial score (nSPS) is 10.0. The maximum absolute atomic E-state index is 5.98. The summed E-state index contributed by atoms with van der Waals surface area (Å²) in [7, 11) is 0. The Balaban J connectivity index is 1.94. The standard InChI is InChI=1S/C12H9Cl2N3OS/c13-8-2-1-3-9(14)12(8)18-7-11(19)17-10-6-15-4-5-16-10/h1-6H,7H2,(H,16,17,19). The van der Waals surface area contributed by atoms with Crippen LogP contribution in [0, 0.1) is 0 Å². The third kappa shape index (κ3) is 4.02. The topological polar surface area (TPSA) is 47.0 Å². The molecule has 0 atom stereocenters. The molecule has 1 aromatic heterocycles. The fourth-order valence-corrected chi connectivity index (χ4v) is 1.97. The number of rotatable bonds is 4. The van der Waals surface area contributed by atoms with Crippen LogP contribution in [-0.4, -0.2) is 21.6 Å². The molecular formula is C12H9Cl2N3OS. The molecule has 0 unspecified atom stereocenters. The second-order valence-corrected chi connectivity index (χ2v) is 4.79. The molecule has 4 nitrogen and oxygen atoms in total. The van der Waals surface area contributed by atoms with Crippen molar-refractivity contribution >= 4 is 46.2 Å². The predicted molar refractivity (Wildman–Crippen MR) is 80.2 cm³/mol. The molecule has 1 N–H and O–H groups in total. The van der Waals surface area contributed by atoms with Gasteiger partial charge in [-0.05, 0) is 12.1 Å². The maximum atomic E-state index is 5.98. The van der Waals surface area contributed by atoms with Crippen LogP contribution in [0.2, 0.25) is 10.0 Å². The van der Waals surface area contributed by atoms with Gasteiger partial charge in [0.05, 0.1) is 16.2 Å². The molecule has 0 aliphatic carbocycles. The first-order valence-electron chi connectivity index (χ1n) is 5.29. The highest BCUT2D eigenvalue weighted by atomic mass is 35.5. The van der Waals surface area contributed by atoms with E-state index in [1.807, 2.05) is 0 Å². The Bertz CT molecular complexity index is 560. The minimum Gasteiger partial charge on any atom is -0.483 e. The van der Waals surface area contributed by atoms with Crippen LogP contribution in [-0.2, 0) is 0 Å². The van der Waals surface area contributed by atoms with Crippen LogP contribution >= 0.6 is 35.4 Å². The maximum Gasteiger partial charge on any atom is 0.157 e. The van der Waals surface area contributed by atoms with Gasteiger partial charge in [0.15, 0.2) is 5.75 Å². The summed E-state index contributed by atoms with van der Waals surface area (Å²) < 4.78 is 5.49. The zero-order valence-corrected chi connectivity index (χ0v) is 12.0. The van der Waals surface area contributed by atoms with Gasteiger partial charge < -0.3 is 10.1 Å². The molecule has 0 radical (unpaired) electrons. The summed E-state index contributed by atoms with van der Waals surface area (Å²) in [5, 5.41) is 3.78. The third-order valence-electron chi connectivity index (χ3n) is 2.10. The van der Waals surface area contributed by atoms with Gasteiger partial charge in [-0.2, -0.15) is 0 Å². The first kappa shape index (κ1) is 14.0. The van der Waals surface area contributed by atoms with Crippen molar-refractivity contribution in [3.8, 4) is 5.75 Å². The molecule has 2 rings (SSSR count). The van der Waals surface area contributed by atoms with Crippen molar-refractivity contribution in [1.82, 2.24) is 9.97 Å². The second kappa shape index (κ2) is 6.65. The third-order valence-corrected chi connectivity index (χ3v) is 2.91. The van der Waals surface area contributed by atoms with E-state index < -0.39 is 0 Å². The lowest BCUT2D eigenvalue weighted by Gasteiger charge is -2.11. The Morgan fingerprint density at radius 1 is 1.26 bits per heavy atom. The number of anilines is 1. The zero-order chi connectivity index (χ0) is 13.7. The Labute approximate surface area is 125 Å². The lowest BCUT2D eigenvalue weighted by Crippen LogP contribution is -2.19. The largest absolute Gasteiger partial charge is 0.483 e. The van der Waals surface area contributed by atoms with Crippen molar-refractivity contribution in [2.45, 2.75) is 0 Å². The average molecular weight is 314 g/mol. The first-order valence-corrected chi connectivity index (χ1v) is 6.46. The van der Waals surface area contributed by atoms with Gasteiger partial charge >= 0.3 is 0 Å². The van der Waals surface area contributed by atoms with Crippen molar-refractivity contribution in [2.24, 2.45) is 0 Å². The molecule has 0 fully saturated rings. The molecule has 2 aromatic rings. The Kier molecular flexibility index (Phi) is 4.90. The fourth-order valence-electron chi connectivity index (χ4n) is 1.30. The lowest BCUT2D eigenvalue weighted by atomic mass is 10.3. The molecule has 0 spiro atoms. The number of ether oxygens (including phenoxy) is 1. The van der Waals surface area contributed by atoms with Gasteiger partial charge in [0.2, 0.25) is 0 Å². The summed E-state index contributed by atoms with van der Waals surface area (Å²) in [6.07, 6.45) is 4.71. The van der Waals surface area contributed by atoms with Crippen molar-refractivity contribution < 1.29 is 4.74 Å². The van der Waals surface area contributed by atoms with Gasteiger partial charge in [-0.3, -0.25) is 4.98 Å². The highest BCUT2D eigenvalue weighted by Crippen LogP contribution is 2.32. The van der Waals surface area contributed by atoms with E-state index in [9.17, 15) is 0 Å². The van der Waals surface area contributed by atoms with Crippen LogP contribution in [0.25, 0.3) is 0 Å². The van der Waals surface area contributed by atoms with Crippen molar-refractivity contribution in [2.75, 3.05) is 11.9 Å². The number of benzene rings is 1. The van der Waals surface area contributed by atoms with E-state index in [4.69, 9.17) is 40.2 Å². The summed E-state index contributed by atoms with van der Waals surface area (Å²) in [6.45, 7) is 0.148. The molecule has 1 heterocycles. The summed E-state index contributed by atoms with van der Waals surface area (Å²) in [4.78, 5) is 8.41. The monoisotopic (exact) mass is 313 g/mol. The fraction of sp³-hybridized carbons (Fsp3) is 0.0833. The molecule has 0 saturated carbocycles. The van der Waals surface area contributed by atoms with E-state index in [0.29, 0.717) is 26.6 Å². The summed E-state index contributed by atoms with van der Waals surface area (Å²) in [5.74, 6) is 0.968. The first-order chi connectivity index (χ1) is 9.16. The SMILES string of the molecule is S=C(COc1c(Cl)cccc1Cl)Nc1cnccn1. The Morgan fingerprint density at radius 3 is 2.63 bits per heavy atom. The number of para-hydroxylation sites is 1. The van der Waals surface area contributed by atoms with E-state index in [1.54, 1.807) is 36.8 Å². The van der Waals surface area contributed by atoms with Crippen LogP contribution in [0.5, 0.6) is 5.75 Å². The van der Waals surface area contributed by atoms with E-state index in [0.717, 1.165) is 0 Å². The van der Waals surface area contributed by atoms with Gasteiger partial charge in [-0.1, -0.05) is 41.5 Å². The number of thiocarbonyl (C=S) groups is 1. The lowest BCUT2D eigenvalue weighted by molar-refractivity contribution is 0.379. The number of hydrogen-bond acceptors (Lipinski definition) is 4. The zero-order valence-electron chi connectivity index (χ0n) is 9.64. The smallest absolute Gasteiger partial charge is 0.157 e. The van der Waals surface area contributed by atoms with Crippen molar-refractivity contribution in [3.05, 3.63) is 46.8 Å². The van der Waals surface area contributed by atoms with E-state index in [-0.39, 0.29) is 6.61 Å². The van der Waals surface area contributed by atoms with E-state index in [1.165, 1.54) is 0 Å². The van der Waals surface area contributed by atoms with Gasteiger partial charge in [-0.25, -0.2) is 4.98 Å².